The number of alkyl carbamates (subject to hydrolysis) is 1. The van der Waals surface area contributed by atoms with Gasteiger partial charge in [-0.3, -0.25) is 9.69 Å². The molecule has 2 rings (SSSR count). The lowest BCUT2D eigenvalue weighted by Crippen LogP contribution is -2.64. The van der Waals surface area contributed by atoms with E-state index in [-0.39, 0.29) is 19.6 Å². The van der Waals surface area contributed by atoms with E-state index in [2.05, 4.69) is 5.32 Å². The predicted molar refractivity (Wildman–Crippen MR) is 112 cm³/mol. The number of esters is 1. The summed E-state index contributed by atoms with van der Waals surface area (Å²) in [7, 11) is 0. The largest absolute Gasteiger partial charge is 0.459 e. The van der Waals surface area contributed by atoms with Crippen molar-refractivity contribution in [3.63, 3.8) is 0 Å². The summed E-state index contributed by atoms with van der Waals surface area (Å²) in [6.07, 6.45) is -0.605. The van der Waals surface area contributed by atoms with E-state index in [1.807, 2.05) is 51.1 Å². The summed E-state index contributed by atoms with van der Waals surface area (Å²) in [6.45, 7) is 11.2. The first-order valence-electron chi connectivity index (χ1n) is 10.0. The first-order valence-corrected chi connectivity index (χ1v) is 10.0. The average molecular weight is 420 g/mol. The SMILES string of the molecule is CC(C)(C)OC(=O)N[C@H]1CN(C(C)(C)C)[C@@](C(N)=O)(C(=O)OCc2ccccc2)C1. The van der Waals surface area contributed by atoms with Gasteiger partial charge in [0, 0.05) is 24.5 Å². The molecular weight excluding hydrogens is 386 g/mol. The number of nitrogens with one attached hydrogen (secondary N) is 1. The Morgan fingerprint density at radius 2 is 1.73 bits per heavy atom. The van der Waals surface area contributed by atoms with Crippen LogP contribution in [-0.4, -0.2) is 52.1 Å². The molecule has 8 heteroatoms. The summed E-state index contributed by atoms with van der Waals surface area (Å²) in [5.41, 5.74) is 3.63. The number of rotatable bonds is 5. The third-order valence-electron chi connectivity index (χ3n) is 4.89. The first-order chi connectivity index (χ1) is 13.8. The van der Waals surface area contributed by atoms with Gasteiger partial charge in [-0.1, -0.05) is 30.3 Å². The maximum absolute atomic E-state index is 13.2. The minimum atomic E-state index is -1.69. The van der Waals surface area contributed by atoms with Crippen molar-refractivity contribution in [1.29, 1.82) is 0 Å². The van der Waals surface area contributed by atoms with Crippen molar-refractivity contribution >= 4 is 18.0 Å². The van der Waals surface area contributed by atoms with Crippen molar-refractivity contribution in [2.45, 2.75) is 77.3 Å². The van der Waals surface area contributed by atoms with Gasteiger partial charge in [0.15, 0.2) is 0 Å². The van der Waals surface area contributed by atoms with Crippen LogP contribution in [0.4, 0.5) is 4.79 Å². The molecular formula is C22H33N3O5. The molecule has 0 bridgehead atoms. The Hall–Kier alpha value is -2.61. The molecule has 1 aromatic rings. The molecule has 1 aliphatic heterocycles. The summed E-state index contributed by atoms with van der Waals surface area (Å²) in [6, 6.07) is 8.69. The lowest BCUT2D eigenvalue weighted by molar-refractivity contribution is -0.165. The number of ether oxygens (including phenoxy) is 2. The van der Waals surface area contributed by atoms with E-state index in [1.165, 1.54) is 0 Å². The zero-order valence-corrected chi connectivity index (χ0v) is 18.7. The van der Waals surface area contributed by atoms with Crippen LogP contribution >= 0.6 is 0 Å². The molecule has 0 saturated carbocycles. The van der Waals surface area contributed by atoms with Crippen molar-refractivity contribution in [1.82, 2.24) is 10.2 Å². The van der Waals surface area contributed by atoms with Gasteiger partial charge in [-0.2, -0.15) is 0 Å². The smallest absolute Gasteiger partial charge is 0.407 e. The van der Waals surface area contributed by atoms with Crippen LogP contribution in [-0.2, 0) is 25.7 Å². The number of primary amides is 1. The molecule has 30 heavy (non-hydrogen) atoms. The average Bonchev–Trinajstić information content (AvgIpc) is 2.99. The Kier molecular flexibility index (Phi) is 6.81. The van der Waals surface area contributed by atoms with Crippen LogP contribution in [0.3, 0.4) is 0 Å². The molecule has 8 nitrogen and oxygen atoms in total. The third kappa shape index (κ3) is 5.50. The van der Waals surface area contributed by atoms with Gasteiger partial charge >= 0.3 is 12.1 Å². The number of carbonyl (C=O) groups is 3. The number of likely N-dealkylation sites (tertiary alicyclic amines) is 1. The number of hydrogen-bond acceptors (Lipinski definition) is 6. The number of amides is 2. The highest BCUT2D eigenvalue weighted by Gasteiger charge is 2.60. The molecule has 0 spiro atoms. The number of nitrogens with zero attached hydrogens (tertiary/aromatic N) is 1. The highest BCUT2D eigenvalue weighted by molar-refractivity contribution is 6.07. The van der Waals surface area contributed by atoms with Crippen LogP contribution in [0.15, 0.2) is 30.3 Å². The fraction of sp³-hybridized carbons (Fsp3) is 0.591. The minimum absolute atomic E-state index is 0.00642. The molecule has 0 radical (unpaired) electrons. The topological polar surface area (TPSA) is 111 Å². The highest BCUT2D eigenvalue weighted by atomic mass is 16.6. The fourth-order valence-electron chi connectivity index (χ4n) is 3.70. The van der Waals surface area contributed by atoms with Crippen LogP contribution in [0.2, 0.25) is 0 Å². The second kappa shape index (κ2) is 8.63. The molecule has 0 aliphatic carbocycles. The van der Waals surface area contributed by atoms with Crippen LogP contribution in [0.1, 0.15) is 53.5 Å². The fourth-order valence-corrected chi connectivity index (χ4v) is 3.70. The maximum Gasteiger partial charge on any atom is 0.407 e. The zero-order chi connectivity index (χ0) is 22.7. The molecule has 1 fully saturated rings. The van der Waals surface area contributed by atoms with Crippen molar-refractivity contribution in [2.24, 2.45) is 5.73 Å². The predicted octanol–water partition coefficient (Wildman–Crippen LogP) is 2.35. The molecule has 2 amide bonds. The Morgan fingerprint density at radius 3 is 2.23 bits per heavy atom. The summed E-state index contributed by atoms with van der Waals surface area (Å²) < 4.78 is 10.8. The van der Waals surface area contributed by atoms with Gasteiger partial charge < -0.3 is 20.5 Å². The van der Waals surface area contributed by atoms with Crippen LogP contribution < -0.4 is 11.1 Å². The Labute approximate surface area is 178 Å². The van der Waals surface area contributed by atoms with Crippen molar-refractivity contribution in [3.05, 3.63) is 35.9 Å². The molecule has 1 saturated heterocycles. The summed E-state index contributed by atoms with van der Waals surface area (Å²) in [5.74, 6) is -1.52. The second-order valence-corrected chi connectivity index (χ2v) is 9.61. The molecule has 3 N–H and O–H groups in total. The van der Waals surface area contributed by atoms with Gasteiger partial charge in [-0.05, 0) is 47.1 Å². The van der Waals surface area contributed by atoms with Gasteiger partial charge in [0.1, 0.15) is 12.2 Å². The van der Waals surface area contributed by atoms with Crippen LogP contribution in [0.5, 0.6) is 0 Å². The van der Waals surface area contributed by atoms with Crippen LogP contribution in [0.25, 0.3) is 0 Å². The molecule has 1 heterocycles. The zero-order valence-electron chi connectivity index (χ0n) is 18.7. The second-order valence-electron chi connectivity index (χ2n) is 9.61. The van der Waals surface area contributed by atoms with E-state index in [9.17, 15) is 14.4 Å². The molecule has 0 aromatic heterocycles. The van der Waals surface area contributed by atoms with E-state index in [0.29, 0.717) is 0 Å². The van der Waals surface area contributed by atoms with E-state index in [4.69, 9.17) is 15.2 Å². The standard InChI is InChI=1S/C22H33N3O5/c1-20(2,3)25-13-16(24-19(28)30-21(4,5)6)12-22(25,17(23)26)18(27)29-14-15-10-8-7-9-11-15/h7-11,16H,12-14H2,1-6H3,(H2,23,26)(H,24,28)/t16-,22+/m1/s1. The van der Waals surface area contributed by atoms with Crippen molar-refractivity contribution < 1.29 is 23.9 Å². The summed E-state index contributed by atoms with van der Waals surface area (Å²) in [4.78, 5) is 39.8. The number of hydrogen-bond donors (Lipinski definition) is 2. The highest BCUT2D eigenvalue weighted by Crippen LogP contribution is 2.37. The van der Waals surface area contributed by atoms with Gasteiger partial charge in [-0.15, -0.1) is 0 Å². The molecule has 1 aromatic carbocycles. The lowest BCUT2D eigenvalue weighted by atomic mass is 9.90. The molecule has 166 valence electrons. The molecule has 2 atom stereocenters. The maximum atomic E-state index is 13.2. The van der Waals surface area contributed by atoms with Gasteiger partial charge in [0.25, 0.3) is 0 Å². The van der Waals surface area contributed by atoms with Crippen LogP contribution in [0, 0.1) is 0 Å². The third-order valence-corrected chi connectivity index (χ3v) is 4.89. The lowest BCUT2D eigenvalue weighted by Gasteiger charge is -2.42. The summed E-state index contributed by atoms with van der Waals surface area (Å²) in [5, 5.41) is 2.76. The Morgan fingerprint density at radius 1 is 1.13 bits per heavy atom. The van der Waals surface area contributed by atoms with E-state index < -0.39 is 40.7 Å². The quantitative estimate of drug-likeness (QED) is 0.560. The number of benzene rings is 1. The number of nitrogens with two attached hydrogens (primary N) is 1. The Bertz CT molecular complexity index is 782. The monoisotopic (exact) mass is 419 g/mol. The van der Waals surface area contributed by atoms with E-state index >= 15 is 0 Å². The van der Waals surface area contributed by atoms with E-state index in [0.717, 1.165) is 5.56 Å². The Balaban J connectivity index is 2.26. The van der Waals surface area contributed by atoms with Crippen molar-refractivity contribution in [2.75, 3.05) is 6.54 Å². The van der Waals surface area contributed by atoms with Crippen molar-refractivity contribution in [3.8, 4) is 0 Å². The molecule has 1 aliphatic rings. The van der Waals surface area contributed by atoms with E-state index in [1.54, 1.807) is 25.7 Å². The first kappa shape index (κ1) is 23.7. The minimum Gasteiger partial charge on any atom is -0.459 e. The molecule has 0 unspecified atom stereocenters. The summed E-state index contributed by atoms with van der Waals surface area (Å²) >= 11 is 0. The normalized spacial score (nSPS) is 22.4. The van der Waals surface area contributed by atoms with Gasteiger partial charge in [-0.25, -0.2) is 9.59 Å². The van der Waals surface area contributed by atoms with Gasteiger partial charge in [0.2, 0.25) is 11.4 Å². The van der Waals surface area contributed by atoms with Gasteiger partial charge in [0.05, 0.1) is 0 Å². The number of carbonyl (C=O) groups excluding carboxylic acids is 3.